The van der Waals surface area contributed by atoms with Crippen LogP contribution in [0, 0.1) is 0 Å². The van der Waals surface area contributed by atoms with Gasteiger partial charge in [-0.05, 0) is 40.9 Å². The smallest absolute Gasteiger partial charge is 0.253 e. The van der Waals surface area contributed by atoms with Gasteiger partial charge in [0.15, 0.2) is 0 Å². The molecule has 1 atom stereocenters. The highest BCUT2D eigenvalue weighted by molar-refractivity contribution is 5.43. The van der Waals surface area contributed by atoms with Crippen molar-refractivity contribution >= 4 is 0 Å². The molecule has 0 heterocycles. The van der Waals surface area contributed by atoms with Gasteiger partial charge in [-0.15, -0.1) is 13.2 Å². The largest absolute Gasteiger partial charge is 0.525 e. The second kappa shape index (κ2) is 4.97. The Morgan fingerprint density at radius 1 is 1.00 bits per heavy atom. The molecule has 0 spiro atoms. The summed E-state index contributed by atoms with van der Waals surface area (Å²) in [5.41, 5.74) is 1.65. The molecule has 1 nitrogen and oxygen atoms in total. The standard InChI is InChI=1S/C16H20F4O/c1-14(2)7-8-15(3,4)12-9-10(5-6-11(12)14)13(17)21-16(18,19)20/h5-6,9,13H,7-8H2,1-4H3. The van der Waals surface area contributed by atoms with Crippen LogP contribution in [-0.2, 0) is 15.6 Å². The lowest BCUT2D eigenvalue weighted by molar-refractivity contribution is -0.363. The highest BCUT2D eigenvalue weighted by Gasteiger charge is 2.39. The van der Waals surface area contributed by atoms with E-state index in [2.05, 4.69) is 18.6 Å². The van der Waals surface area contributed by atoms with Gasteiger partial charge in [-0.2, -0.15) is 0 Å². The highest BCUT2D eigenvalue weighted by atomic mass is 19.4. The van der Waals surface area contributed by atoms with Crippen molar-refractivity contribution in [2.75, 3.05) is 0 Å². The Balaban J connectivity index is 2.42. The summed E-state index contributed by atoms with van der Waals surface area (Å²) < 4.78 is 53.6. The first-order chi connectivity index (χ1) is 9.42. The molecule has 1 unspecified atom stereocenters. The van der Waals surface area contributed by atoms with Gasteiger partial charge in [-0.1, -0.05) is 39.8 Å². The van der Waals surface area contributed by atoms with Gasteiger partial charge in [0.25, 0.3) is 0 Å². The predicted molar refractivity (Wildman–Crippen MR) is 72.7 cm³/mol. The molecule has 1 aliphatic rings. The first-order valence-electron chi connectivity index (χ1n) is 6.96. The molecule has 0 saturated carbocycles. The molecule has 0 bridgehead atoms. The molecular formula is C16H20F4O. The fraction of sp³-hybridized carbons (Fsp3) is 0.625. The topological polar surface area (TPSA) is 9.23 Å². The third kappa shape index (κ3) is 3.39. The molecule has 0 aromatic heterocycles. The average Bonchev–Trinajstić information content (AvgIpc) is 2.33. The summed E-state index contributed by atoms with van der Waals surface area (Å²) in [6.45, 7) is 8.26. The van der Waals surface area contributed by atoms with Crippen LogP contribution >= 0.6 is 0 Å². The van der Waals surface area contributed by atoms with E-state index in [1.165, 1.54) is 12.1 Å². The van der Waals surface area contributed by atoms with Crippen LogP contribution in [0.2, 0.25) is 0 Å². The second-order valence-electron chi connectivity index (χ2n) is 6.95. The Morgan fingerprint density at radius 2 is 1.52 bits per heavy atom. The minimum atomic E-state index is -4.98. The van der Waals surface area contributed by atoms with Crippen LogP contribution in [-0.4, -0.2) is 6.36 Å². The second-order valence-corrected chi connectivity index (χ2v) is 6.95. The van der Waals surface area contributed by atoms with Crippen LogP contribution in [0.4, 0.5) is 17.6 Å². The quantitative estimate of drug-likeness (QED) is 0.652. The van der Waals surface area contributed by atoms with Crippen LogP contribution in [0.25, 0.3) is 0 Å². The normalized spacial score (nSPS) is 21.7. The van der Waals surface area contributed by atoms with Gasteiger partial charge in [0, 0.05) is 5.56 Å². The number of hydrogen-bond acceptors (Lipinski definition) is 1. The SMILES string of the molecule is CC1(C)CCC(C)(C)c2cc(C(F)OC(F)(F)F)ccc21. The molecule has 1 aromatic carbocycles. The Morgan fingerprint density at radius 3 is 2.05 bits per heavy atom. The van der Waals surface area contributed by atoms with E-state index in [1.54, 1.807) is 6.07 Å². The van der Waals surface area contributed by atoms with Crippen molar-refractivity contribution < 1.29 is 22.3 Å². The molecular weight excluding hydrogens is 284 g/mol. The maximum atomic E-state index is 13.7. The summed E-state index contributed by atoms with van der Waals surface area (Å²) in [7, 11) is 0. The summed E-state index contributed by atoms with van der Waals surface area (Å²) >= 11 is 0. The minimum Gasteiger partial charge on any atom is -0.253 e. The third-order valence-electron chi connectivity index (χ3n) is 4.38. The van der Waals surface area contributed by atoms with Crippen molar-refractivity contribution in [2.45, 2.75) is 64.1 Å². The van der Waals surface area contributed by atoms with Gasteiger partial charge in [0.2, 0.25) is 6.36 Å². The fourth-order valence-corrected chi connectivity index (χ4v) is 2.93. The van der Waals surface area contributed by atoms with E-state index < -0.39 is 12.7 Å². The van der Waals surface area contributed by atoms with Crippen LogP contribution in [0.3, 0.4) is 0 Å². The van der Waals surface area contributed by atoms with Crippen LogP contribution in [0.1, 0.15) is 63.6 Å². The molecule has 1 aromatic rings. The molecule has 21 heavy (non-hydrogen) atoms. The van der Waals surface area contributed by atoms with Crippen LogP contribution in [0.15, 0.2) is 18.2 Å². The molecule has 0 aliphatic heterocycles. The minimum absolute atomic E-state index is 0.0555. The molecule has 0 amide bonds. The van der Waals surface area contributed by atoms with Crippen molar-refractivity contribution in [3.05, 3.63) is 34.9 Å². The van der Waals surface area contributed by atoms with Crippen molar-refractivity contribution in [2.24, 2.45) is 0 Å². The van der Waals surface area contributed by atoms with Crippen LogP contribution in [0.5, 0.6) is 0 Å². The van der Waals surface area contributed by atoms with Gasteiger partial charge < -0.3 is 0 Å². The summed E-state index contributed by atoms with van der Waals surface area (Å²) in [5.74, 6) is 0. The summed E-state index contributed by atoms with van der Waals surface area (Å²) in [5, 5.41) is 0. The average molecular weight is 304 g/mol. The molecule has 1 aliphatic carbocycles. The lowest BCUT2D eigenvalue weighted by Crippen LogP contribution is -2.34. The van der Waals surface area contributed by atoms with Crippen molar-refractivity contribution in [3.8, 4) is 0 Å². The molecule has 0 saturated heterocycles. The van der Waals surface area contributed by atoms with Crippen molar-refractivity contribution in [1.29, 1.82) is 0 Å². The number of rotatable bonds is 2. The van der Waals surface area contributed by atoms with Gasteiger partial charge in [0.1, 0.15) is 0 Å². The van der Waals surface area contributed by atoms with Crippen LogP contribution < -0.4 is 0 Å². The summed E-state index contributed by atoms with van der Waals surface area (Å²) in [6, 6.07) is 4.64. The monoisotopic (exact) mass is 304 g/mol. The number of benzene rings is 1. The van der Waals surface area contributed by atoms with Crippen molar-refractivity contribution in [1.82, 2.24) is 0 Å². The zero-order chi connectivity index (χ0) is 16.1. The Hall–Kier alpha value is -1.10. The molecule has 0 radical (unpaired) electrons. The first kappa shape index (κ1) is 16.3. The molecule has 0 N–H and O–H groups in total. The molecule has 5 heteroatoms. The Kier molecular flexibility index (Phi) is 3.85. The zero-order valence-electron chi connectivity index (χ0n) is 12.6. The number of hydrogen-bond donors (Lipinski definition) is 0. The van der Waals surface area contributed by atoms with E-state index in [4.69, 9.17) is 0 Å². The summed E-state index contributed by atoms with van der Waals surface area (Å²) in [6.07, 6.45) is -5.57. The number of fused-ring (bicyclic) bond motifs is 1. The lowest BCUT2D eigenvalue weighted by Gasteiger charge is -2.42. The van der Waals surface area contributed by atoms with Gasteiger partial charge >= 0.3 is 6.36 Å². The lowest BCUT2D eigenvalue weighted by atomic mass is 9.63. The third-order valence-corrected chi connectivity index (χ3v) is 4.38. The fourth-order valence-electron chi connectivity index (χ4n) is 2.93. The van der Waals surface area contributed by atoms with Crippen molar-refractivity contribution in [3.63, 3.8) is 0 Å². The highest BCUT2D eigenvalue weighted by Crippen LogP contribution is 2.46. The van der Waals surface area contributed by atoms with E-state index in [0.717, 1.165) is 24.0 Å². The van der Waals surface area contributed by atoms with E-state index >= 15 is 0 Å². The van der Waals surface area contributed by atoms with E-state index in [-0.39, 0.29) is 16.4 Å². The van der Waals surface area contributed by atoms with Gasteiger partial charge in [0.05, 0.1) is 0 Å². The Labute approximate surface area is 122 Å². The number of alkyl halides is 4. The van der Waals surface area contributed by atoms with E-state index in [1.807, 2.05) is 13.8 Å². The Bertz CT molecular complexity index is 532. The van der Waals surface area contributed by atoms with E-state index in [0.29, 0.717) is 0 Å². The number of ether oxygens (including phenoxy) is 1. The maximum absolute atomic E-state index is 13.7. The number of halogens is 4. The zero-order valence-corrected chi connectivity index (χ0v) is 12.6. The maximum Gasteiger partial charge on any atom is 0.525 e. The van der Waals surface area contributed by atoms with E-state index in [9.17, 15) is 17.6 Å². The molecule has 0 fully saturated rings. The molecule has 2 rings (SSSR count). The van der Waals surface area contributed by atoms with Gasteiger partial charge in [-0.25, -0.2) is 4.39 Å². The first-order valence-corrected chi connectivity index (χ1v) is 6.96. The molecule has 118 valence electrons. The summed E-state index contributed by atoms with van der Waals surface area (Å²) in [4.78, 5) is 0. The predicted octanol–water partition coefficient (Wildman–Crippen LogP) is 5.54. The van der Waals surface area contributed by atoms with Gasteiger partial charge in [-0.3, -0.25) is 4.74 Å².